The number of urea groups is 1. The van der Waals surface area contributed by atoms with Gasteiger partial charge in [0.15, 0.2) is 11.5 Å². The van der Waals surface area contributed by atoms with Crippen LogP contribution in [0.2, 0.25) is 0 Å². The molecule has 3 rings (SSSR count). The number of amides is 2. The van der Waals surface area contributed by atoms with Crippen LogP contribution in [0.3, 0.4) is 0 Å². The van der Waals surface area contributed by atoms with E-state index in [0.717, 1.165) is 5.56 Å². The van der Waals surface area contributed by atoms with Gasteiger partial charge in [0.25, 0.3) is 0 Å². The van der Waals surface area contributed by atoms with Crippen LogP contribution in [0.1, 0.15) is 18.5 Å². The van der Waals surface area contributed by atoms with Crippen LogP contribution in [0, 0.1) is 5.82 Å². The number of carbonyl (C=O) groups is 1. The molecular weight excluding hydrogens is 299 g/mol. The Balaban J connectivity index is 1.65. The molecule has 0 fully saturated rings. The number of benzene rings is 2. The van der Waals surface area contributed by atoms with E-state index in [1.54, 1.807) is 12.1 Å². The monoisotopic (exact) mass is 316 g/mol. The van der Waals surface area contributed by atoms with E-state index in [9.17, 15) is 9.18 Å². The summed E-state index contributed by atoms with van der Waals surface area (Å²) in [5, 5.41) is 5.26. The first-order valence-electron chi connectivity index (χ1n) is 7.35. The lowest BCUT2D eigenvalue weighted by molar-refractivity contribution is 0.171. The molecule has 1 heterocycles. The maximum Gasteiger partial charge on any atom is 0.319 e. The number of halogens is 1. The molecule has 0 spiro atoms. The Hall–Kier alpha value is -2.76. The molecule has 2 N–H and O–H groups in total. The van der Waals surface area contributed by atoms with Gasteiger partial charge in [-0.15, -0.1) is 0 Å². The minimum atomic E-state index is -0.477. The number of hydrogen-bond donors (Lipinski definition) is 2. The molecule has 2 amide bonds. The predicted octanol–water partition coefficient (Wildman–Crippen LogP) is 3.48. The summed E-state index contributed by atoms with van der Waals surface area (Å²) >= 11 is 0. The molecule has 1 atom stereocenters. The van der Waals surface area contributed by atoms with Crippen LogP contribution in [0.4, 0.5) is 14.9 Å². The van der Waals surface area contributed by atoms with Crippen molar-refractivity contribution >= 4 is 11.7 Å². The normalized spacial score (nSPS) is 14.0. The number of fused-ring (bicyclic) bond motifs is 1. The van der Waals surface area contributed by atoms with Gasteiger partial charge in [-0.05, 0) is 36.8 Å². The van der Waals surface area contributed by atoms with Gasteiger partial charge >= 0.3 is 6.03 Å². The molecule has 1 aliphatic rings. The van der Waals surface area contributed by atoms with Gasteiger partial charge in [0.05, 0.1) is 11.7 Å². The SMILES string of the molecule is CC(NC(=O)Nc1ccccc1F)c1ccc2c(c1)OCCO2. The summed E-state index contributed by atoms with van der Waals surface area (Å²) in [6, 6.07) is 10.8. The molecule has 0 aliphatic carbocycles. The van der Waals surface area contributed by atoms with Crippen molar-refractivity contribution in [2.45, 2.75) is 13.0 Å². The van der Waals surface area contributed by atoms with Crippen molar-refractivity contribution in [1.29, 1.82) is 0 Å². The average Bonchev–Trinajstić information content (AvgIpc) is 2.56. The van der Waals surface area contributed by atoms with Crippen LogP contribution in [-0.4, -0.2) is 19.2 Å². The van der Waals surface area contributed by atoms with E-state index < -0.39 is 11.8 Å². The zero-order chi connectivity index (χ0) is 16.2. The fraction of sp³-hybridized carbons (Fsp3) is 0.235. The molecule has 0 saturated heterocycles. The molecule has 1 unspecified atom stereocenters. The Morgan fingerprint density at radius 2 is 1.87 bits per heavy atom. The molecule has 6 heteroatoms. The molecular formula is C17H17FN2O3. The third-order valence-electron chi connectivity index (χ3n) is 3.54. The summed E-state index contributed by atoms with van der Waals surface area (Å²) in [6.07, 6.45) is 0. The Labute approximate surface area is 133 Å². The molecule has 5 nitrogen and oxygen atoms in total. The summed E-state index contributed by atoms with van der Waals surface area (Å²) in [5.41, 5.74) is 1.01. The average molecular weight is 316 g/mol. The van der Waals surface area contributed by atoms with Crippen molar-refractivity contribution in [3.05, 3.63) is 53.8 Å². The van der Waals surface area contributed by atoms with Gasteiger partial charge < -0.3 is 20.1 Å². The third-order valence-corrected chi connectivity index (χ3v) is 3.54. The molecule has 1 aliphatic heterocycles. The van der Waals surface area contributed by atoms with Crippen molar-refractivity contribution < 1.29 is 18.7 Å². The summed E-state index contributed by atoms with van der Waals surface area (Å²) in [6.45, 7) is 2.88. The van der Waals surface area contributed by atoms with Crippen LogP contribution >= 0.6 is 0 Å². The summed E-state index contributed by atoms with van der Waals surface area (Å²) < 4.78 is 24.5. The lowest BCUT2D eigenvalue weighted by Gasteiger charge is -2.21. The topological polar surface area (TPSA) is 59.6 Å². The first-order valence-corrected chi connectivity index (χ1v) is 7.35. The fourth-order valence-corrected chi connectivity index (χ4v) is 2.33. The lowest BCUT2D eigenvalue weighted by Crippen LogP contribution is -2.31. The number of anilines is 1. The first-order chi connectivity index (χ1) is 11.1. The zero-order valence-electron chi connectivity index (χ0n) is 12.6. The summed E-state index contributed by atoms with van der Waals surface area (Å²) in [5.74, 6) is 0.884. The molecule has 0 bridgehead atoms. The highest BCUT2D eigenvalue weighted by Crippen LogP contribution is 2.32. The second-order valence-electron chi connectivity index (χ2n) is 5.20. The number of para-hydroxylation sites is 1. The van der Waals surface area contributed by atoms with Crippen molar-refractivity contribution in [1.82, 2.24) is 5.32 Å². The van der Waals surface area contributed by atoms with Crippen LogP contribution in [-0.2, 0) is 0 Å². The van der Waals surface area contributed by atoms with Gasteiger partial charge in [0.2, 0.25) is 0 Å². The molecule has 0 radical (unpaired) electrons. The van der Waals surface area contributed by atoms with E-state index in [1.807, 2.05) is 25.1 Å². The van der Waals surface area contributed by atoms with Crippen molar-refractivity contribution in [2.75, 3.05) is 18.5 Å². The number of carbonyl (C=O) groups excluding carboxylic acids is 1. The van der Waals surface area contributed by atoms with E-state index in [4.69, 9.17) is 9.47 Å². The molecule has 2 aromatic rings. The quantitative estimate of drug-likeness (QED) is 0.911. The van der Waals surface area contributed by atoms with E-state index in [1.165, 1.54) is 12.1 Å². The van der Waals surface area contributed by atoms with Crippen LogP contribution < -0.4 is 20.1 Å². The smallest absolute Gasteiger partial charge is 0.319 e. The van der Waals surface area contributed by atoms with Crippen molar-refractivity contribution in [3.63, 3.8) is 0 Å². The second kappa shape index (κ2) is 6.56. The number of ether oxygens (including phenoxy) is 2. The van der Waals surface area contributed by atoms with Crippen LogP contribution in [0.25, 0.3) is 0 Å². The van der Waals surface area contributed by atoms with Crippen LogP contribution in [0.15, 0.2) is 42.5 Å². The number of rotatable bonds is 3. The predicted molar refractivity (Wildman–Crippen MR) is 84.4 cm³/mol. The molecule has 23 heavy (non-hydrogen) atoms. The van der Waals surface area contributed by atoms with E-state index in [-0.39, 0.29) is 11.7 Å². The van der Waals surface area contributed by atoms with Gasteiger partial charge in [0.1, 0.15) is 19.0 Å². The van der Waals surface area contributed by atoms with Gasteiger partial charge in [-0.1, -0.05) is 18.2 Å². The van der Waals surface area contributed by atoms with E-state index in [0.29, 0.717) is 24.7 Å². The Morgan fingerprint density at radius 3 is 2.65 bits per heavy atom. The maximum atomic E-state index is 13.5. The highest BCUT2D eigenvalue weighted by atomic mass is 19.1. The first kappa shape index (κ1) is 15.1. The highest BCUT2D eigenvalue weighted by Gasteiger charge is 2.16. The zero-order valence-corrected chi connectivity index (χ0v) is 12.6. The Bertz CT molecular complexity index is 721. The third kappa shape index (κ3) is 3.53. The molecule has 120 valence electrons. The Kier molecular flexibility index (Phi) is 4.32. The Morgan fingerprint density at radius 1 is 1.13 bits per heavy atom. The second-order valence-corrected chi connectivity index (χ2v) is 5.20. The van der Waals surface area contributed by atoms with Gasteiger partial charge in [-0.25, -0.2) is 9.18 Å². The van der Waals surface area contributed by atoms with Gasteiger partial charge in [-0.3, -0.25) is 0 Å². The summed E-state index contributed by atoms with van der Waals surface area (Å²) in [7, 11) is 0. The van der Waals surface area contributed by atoms with Crippen molar-refractivity contribution in [3.8, 4) is 11.5 Å². The minimum absolute atomic E-state index is 0.138. The van der Waals surface area contributed by atoms with Gasteiger partial charge in [0, 0.05) is 0 Å². The van der Waals surface area contributed by atoms with E-state index >= 15 is 0 Å². The van der Waals surface area contributed by atoms with E-state index in [2.05, 4.69) is 10.6 Å². The molecule has 0 aromatic heterocycles. The minimum Gasteiger partial charge on any atom is -0.486 e. The number of hydrogen-bond acceptors (Lipinski definition) is 3. The van der Waals surface area contributed by atoms with Crippen LogP contribution in [0.5, 0.6) is 11.5 Å². The van der Waals surface area contributed by atoms with Gasteiger partial charge in [-0.2, -0.15) is 0 Å². The molecule has 0 saturated carbocycles. The fourth-order valence-electron chi connectivity index (χ4n) is 2.33. The maximum absolute atomic E-state index is 13.5. The lowest BCUT2D eigenvalue weighted by atomic mass is 10.1. The highest BCUT2D eigenvalue weighted by molar-refractivity contribution is 5.89. The molecule has 2 aromatic carbocycles. The van der Waals surface area contributed by atoms with Crippen molar-refractivity contribution in [2.24, 2.45) is 0 Å². The largest absolute Gasteiger partial charge is 0.486 e. The number of nitrogens with one attached hydrogen (secondary N) is 2. The summed E-state index contributed by atoms with van der Waals surface area (Å²) in [4.78, 5) is 12.0. The standard InChI is InChI=1S/C17H17FN2O3/c1-11(12-6-7-15-16(10-12)23-9-8-22-15)19-17(21)20-14-5-3-2-4-13(14)18/h2-7,10-11H,8-9H2,1H3,(H2,19,20,21).